The lowest BCUT2D eigenvalue weighted by Crippen LogP contribution is -2.38. The zero-order valence-electron chi connectivity index (χ0n) is 13.2. The zero-order valence-corrected chi connectivity index (χ0v) is 13.2. The van der Waals surface area contributed by atoms with Crippen molar-refractivity contribution in [3.63, 3.8) is 0 Å². The number of carbonyl (C=O) groups is 1. The van der Waals surface area contributed by atoms with E-state index in [-0.39, 0.29) is 11.8 Å². The van der Waals surface area contributed by atoms with E-state index in [1.165, 1.54) is 19.3 Å². The molecule has 0 unspecified atom stereocenters. The molecule has 21 heavy (non-hydrogen) atoms. The molecule has 5 heteroatoms. The number of pyridine rings is 1. The molecule has 1 fully saturated rings. The van der Waals surface area contributed by atoms with Crippen LogP contribution >= 0.6 is 0 Å². The summed E-state index contributed by atoms with van der Waals surface area (Å²) in [4.78, 5) is 19.0. The molecular formula is C16H26N4O. The first-order valence-electron chi connectivity index (χ1n) is 7.78. The smallest absolute Gasteiger partial charge is 0.254 e. The van der Waals surface area contributed by atoms with Crippen molar-refractivity contribution in [2.75, 3.05) is 12.5 Å². The Morgan fingerprint density at radius 3 is 2.57 bits per heavy atom. The molecule has 116 valence electrons. The van der Waals surface area contributed by atoms with Gasteiger partial charge in [0.2, 0.25) is 0 Å². The van der Waals surface area contributed by atoms with E-state index in [1.807, 2.05) is 18.0 Å². The molecule has 0 aromatic carbocycles. The monoisotopic (exact) mass is 290 g/mol. The normalized spacial score (nSPS) is 16.0. The molecule has 3 N–H and O–H groups in total. The van der Waals surface area contributed by atoms with Gasteiger partial charge in [0.15, 0.2) is 0 Å². The number of nitrogens with two attached hydrogens (primary N) is 1. The molecule has 0 spiro atoms. The number of hydrazine groups is 1. The van der Waals surface area contributed by atoms with Gasteiger partial charge < -0.3 is 10.3 Å². The maximum Gasteiger partial charge on any atom is 0.254 e. The van der Waals surface area contributed by atoms with Crippen LogP contribution in [0.25, 0.3) is 0 Å². The van der Waals surface area contributed by atoms with Gasteiger partial charge in [-0.3, -0.25) is 4.79 Å². The number of nitrogen functional groups attached to an aromatic ring is 1. The molecule has 1 aliphatic rings. The Labute approximate surface area is 126 Å². The average Bonchev–Trinajstić information content (AvgIpc) is 2.53. The van der Waals surface area contributed by atoms with E-state index in [9.17, 15) is 4.79 Å². The second-order valence-electron chi connectivity index (χ2n) is 6.17. The maximum atomic E-state index is 12.7. The lowest BCUT2D eigenvalue weighted by Gasteiger charge is -2.31. The number of carbonyl (C=O) groups excluding carboxylic acids is 1. The lowest BCUT2D eigenvalue weighted by atomic mass is 9.94. The van der Waals surface area contributed by atoms with Crippen LogP contribution in [0.5, 0.6) is 0 Å². The minimum atomic E-state index is 0.0581. The quantitative estimate of drug-likeness (QED) is 0.660. The molecule has 0 bridgehead atoms. The van der Waals surface area contributed by atoms with Gasteiger partial charge >= 0.3 is 0 Å². The fourth-order valence-electron chi connectivity index (χ4n) is 2.88. The second kappa shape index (κ2) is 6.89. The highest BCUT2D eigenvalue weighted by molar-refractivity contribution is 5.95. The largest absolute Gasteiger partial charge is 0.339 e. The summed E-state index contributed by atoms with van der Waals surface area (Å²) < 4.78 is 0. The number of aromatic nitrogens is 1. The molecular weight excluding hydrogens is 264 g/mol. The zero-order chi connectivity index (χ0) is 15.4. The van der Waals surface area contributed by atoms with Crippen LogP contribution in [0.3, 0.4) is 0 Å². The molecule has 1 aromatic rings. The Hall–Kier alpha value is -1.62. The molecule has 2 rings (SSSR count). The summed E-state index contributed by atoms with van der Waals surface area (Å²) in [7, 11) is 1.91. The van der Waals surface area contributed by atoms with Crippen LogP contribution in [0.2, 0.25) is 0 Å². The van der Waals surface area contributed by atoms with E-state index in [0.717, 1.165) is 18.5 Å². The van der Waals surface area contributed by atoms with Crippen molar-refractivity contribution in [1.29, 1.82) is 0 Å². The van der Waals surface area contributed by atoms with Gasteiger partial charge in [-0.25, -0.2) is 10.8 Å². The van der Waals surface area contributed by atoms with Crippen molar-refractivity contribution in [2.45, 2.75) is 57.9 Å². The summed E-state index contributed by atoms with van der Waals surface area (Å²) in [6.07, 6.45) is 5.92. The minimum Gasteiger partial charge on any atom is -0.339 e. The number of nitrogens with one attached hydrogen (secondary N) is 1. The Morgan fingerprint density at radius 2 is 2.00 bits per heavy atom. The number of hydrogen-bond donors (Lipinski definition) is 2. The molecule has 0 aliphatic heterocycles. The molecule has 1 amide bonds. The van der Waals surface area contributed by atoms with E-state index >= 15 is 0 Å². The van der Waals surface area contributed by atoms with Crippen LogP contribution in [-0.4, -0.2) is 28.9 Å². The fourth-order valence-corrected chi connectivity index (χ4v) is 2.88. The summed E-state index contributed by atoms with van der Waals surface area (Å²) >= 11 is 0. The molecule has 1 aliphatic carbocycles. The van der Waals surface area contributed by atoms with Gasteiger partial charge in [0, 0.05) is 24.3 Å². The highest BCUT2D eigenvalue weighted by Crippen LogP contribution is 2.24. The van der Waals surface area contributed by atoms with Gasteiger partial charge in [0.05, 0.1) is 0 Å². The first-order chi connectivity index (χ1) is 10.0. The van der Waals surface area contributed by atoms with Crippen molar-refractivity contribution in [3.8, 4) is 0 Å². The number of hydrogen-bond acceptors (Lipinski definition) is 4. The van der Waals surface area contributed by atoms with Gasteiger partial charge in [-0.15, -0.1) is 0 Å². The molecule has 1 saturated carbocycles. The van der Waals surface area contributed by atoms with Gasteiger partial charge in [-0.2, -0.15) is 0 Å². The molecule has 1 heterocycles. The predicted molar refractivity (Wildman–Crippen MR) is 85.1 cm³/mol. The molecule has 5 nitrogen and oxygen atoms in total. The van der Waals surface area contributed by atoms with Crippen molar-refractivity contribution < 1.29 is 4.79 Å². The predicted octanol–water partition coefficient (Wildman–Crippen LogP) is 2.90. The summed E-state index contributed by atoms with van der Waals surface area (Å²) in [6, 6.07) is 3.97. The van der Waals surface area contributed by atoms with Crippen molar-refractivity contribution in [3.05, 3.63) is 23.4 Å². The van der Waals surface area contributed by atoms with Crippen LogP contribution in [0, 0.1) is 0 Å². The summed E-state index contributed by atoms with van der Waals surface area (Å²) in [5.74, 6) is 6.33. The molecule has 0 atom stereocenters. The summed E-state index contributed by atoms with van der Waals surface area (Å²) in [6.45, 7) is 4.11. The van der Waals surface area contributed by atoms with Gasteiger partial charge in [0.1, 0.15) is 5.82 Å². The van der Waals surface area contributed by atoms with Crippen LogP contribution in [0.15, 0.2) is 12.1 Å². The van der Waals surface area contributed by atoms with Crippen LogP contribution in [0.1, 0.15) is 67.9 Å². The van der Waals surface area contributed by atoms with Crippen molar-refractivity contribution in [2.24, 2.45) is 5.84 Å². The topological polar surface area (TPSA) is 71.2 Å². The first-order valence-corrected chi connectivity index (χ1v) is 7.78. The second-order valence-corrected chi connectivity index (χ2v) is 6.17. The molecule has 1 aromatic heterocycles. The number of rotatable bonds is 4. The first kappa shape index (κ1) is 15.8. The number of amides is 1. The number of anilines is 1. The third-order valence-corrected chi connectivity index (χ3v) is 4.27. The van der Waals surface area contributed by atoms with Crippen molar-refractivity contribution >= 4 is 11.7 Å². The van der Waals surface area contributed by atoms with Gasteiger partial charge in [-0.05, 0) is 30.9 Å². The average molecular weight is 290 g/mol. The van der Waals surface area contributed by atoms with E-state index in [2.05, 4.69) is 24.3 Å². The summed E-state index contributed by atoms with van der Waals surface area (Å²) in [5, 5.41) is 0. The summed E-state index contributed by atoms with van der Waals surface area (Å²) in [5.41, 5.74) is 4.10. The maximum absolute atomic E-state index is 12.7. The fraction of sp³-hybridized carbons (Fsp3) is 0.625. The van der Waals surface area contributed by atoms with Crippen LogP contribution < -0.4 is 11.3 Å². The lowest BCUT2D eigenvalue weighted by molar-refractivity contribution is 0.0696. The highest BCUT2D eigenvalue weighted by atomic mass is 16.2. The van der Waals surface area contributed by atoms with E-state index in [1.54, 1.807) is 6.07 Å². The minimum absolute atomic E-state index is 0.0581. The Morgan fingerprint density at radius 1 is 1.33 bits per heavy atom. The third kappa shape index (κ3) is 3.73. The van der Waals surface area contributed by atoms with E-state index in [4.69, 9.17) is 5.84 Å². The SMILES string of the molecule is CC(C)c1cc(C(=O)N(C)C2CCCCC2)cc(NN)n1. The standard InChI is InChI=1S/C16H26N4O/c1-11(2)14-9-12(10-15(18-14)19-17)16(21)20(3)13-7-5-4-6-8-13/h9-11,13H,4-8,17H2,1-3H3,(H,18,19). The van der Waals surface area contributed by atoms with Gasteiger partial charge in [-0.1, -0.05) is 33.1 Å². The number of nitrogens with zero attached hydrogens (tertiary/aromatic N) is 2. The van der Waals surface area contributed by atoms with Crippen molar-refractivity contribution in [1.82, 2.24) is 9.88 Å². The highest BCUT2D eigenvalue weighted by Gasteiger charge is 2.23. The van der Waals surface area contributed by atoms with Gasteiger partial charge in [0.25, 0.3) is 5.91 Å². The third-order valence-electron chi connectivity index (χ3n) is 4.27. The van der Waals surface area contributed by atoms with Crippen LogP contribution in [0.4, 0.5) is 5.82 Å². The van der Waals surface area contributed by atoms with E-state index in [0.29, 0.717) is 17.4 Å². The molecule has 0 radical (unpaired) electrons. The molecule has 0 saturated heterocycles. The Kier molecular flexibility index (Phi) is 5.17. The van der Waals surface area contributed by atoms with E-state index < -0.39 is 0 Å². The Balaban J connectivity index is 2.22. The Bertz CT molecular complexity index is 495. The van der Waals surface area contributed by atoms with Crippen LogP contribution in [-0.2, 0) is 0 Å².